The van der Waals surface area contributed by atoms with Crippen molar-refractivity contribution in [2.45, 2.75) is 6.04 Å². The fraction of sp³-hybridized carbons (Fsp3) is 0.286. The van der Waals surface area contributed by atoms with Crippen LogP contribution in [0.15, 0.2) is 83.3 Å². The van der Waals surface area contributed by atoms with Crippen molar-refractivity contribution in [3.63, 3.8) is 0 Å². The van der Waals surface area contributed by atoms with Crippen LogP contribution in [0.3, 0.4) is 0 Å². The van der Waals surface area contributed by atoms with Crippen LogP contribution in [0.2, 0.25) is 0 Å². The zero-order valence-corrected chi connectivity index (χ0v) is 20.3. The van der Waals surface area contributed by atoms with Crippen LogP contribution < -0.4 is 15.0 Å². The van der Waals surface area contributed by atoms with Gasteiger partial charge in [0.25, 0.3) is 0 Å². The average Bonchev–Trinajstić information content (AvgIpc) is 3.43. The number of rotatable bonds is 9. The molecular formula is C28H30FN5O2. The van der Waals surface area contributed by atoms with Crippen molar-refractivity contribution < 1.29 is 13.5 Å². The Bertz CT molecular complexity index is 1240. The number of halogens is 1. The smallest absolute Gasteiger partial charge is 0.247 e. The van der Waals surface area contributed by atoms with Crippen LogP contribution in [-0.2, 0) is 0 Å². The number of nitrogens with one attached hydrogen (secondary N) is 1. The Balaban J connectivity index is 1.21. The highest BCUT2D eigenvalue weighted by atomic mass is 19.1. The summed E-state index contributed by atoms with van der Waals surface area (Å²) in [5.74, 6) is 1.33. The molecule has 1 aliphatic heterocycles. The van der Waals surface area contributed by atoms with E-state index in [-0.39, 0.29) is 5.82 Å². The SMILES string of the molecule is COc1ccc(N2CCN(CCN[C@H](c3nnc(-c4ccccc4)o3)c3ccccc3F)CC2)cc1. The molecule has 0 aliphatic carbocycles. The van der Waals surface area contributed by atoms with E-state index in [9.17, 15) is 4.39 Å². The summed E-state index contributed by atoms with van der Waals surface area (Å²) >= 11 is 0. The molecule has 0 unspecified atom stereocenters. The van der Waals surface area contributed by atoms with Gasteiger partial charge in [0.1, 0.15) is 17.6 Å². The number of benzene rings is 3. The van der Waals surface area contributed by atoms with Gasteiger partial charge in [-0.3, -0.25) is 4.90 Å². The van der Waals surface area contributed by atoms with E-state index in [2.05, 4.69) is 37.4 Å². The molecule has 0 amide bonds. The number of ether oxygens (including phenoxy) is 1. The predicted octanol–water partition coefficient (Wildman–Crippen LogP) is 4.39. The minimum Gasteiger partial charge on any atom is -0.497 e. The lowest BCUT2D eigenvalue weighted by atomic mass is 10.1. The first-order valence-corrected chi connectivity index (χ1v) is 12.2. The number of hydrogen-bond acceptors (Lipinski definition) is 7. The second kappa shape index (κ2) is 11.3. The molecule has 0 spiro atoms. The highest BCUT2D eigenvalue weighted by Gasteiger charge is 2.24. The highest BCUT2D eigenvalue weighted by molar-refractivity contribution is 5.52. The monoisotopic (exact) mass is 487 g/mol. The molecule has 5 rings (SSSR count). The molecule has 4 aromatic rings. The number of piperazine rings is 1. The predicted molar refractivity (Wildman–Crippen MR) is 138 cm³/mol. The fourth-order valence-electron chi connectivity index (χ4n) is 4.48. The third kappa shape index (κ3) is 5.56. The van der Waals surface area contributed by atoms with Crippen molar-refractivity contribution in [3.8, 4) is 17.2 Å². The molecule has 0 radical (unpaired) electrons. The third-order valence-electron chi connectivity index (χ3n) is 6.51. The minimum absolute atomic E-state index is 0.303. The normalized spacial score (nSPS) is 15.1. The van der Waals surface area contributed by atoms with Gasteiger partial charge in [-0.2, -0.15) is 0 Å². The van der Waals surface area contributed by atoms with Crippen LogP contribution in [0.5, 0.6) is 5.75 Å². The van der Waals surface area contributed by atoms with Gasteiger partial charge in [0.15, 0.2) is 0 Å². The molecule has 2 heterocycles. The van der Waals surface area contributed by atoms with E-state index < -0.39 is 6.04 Å². The second-order valence-corrected chi connectivity index (χ2v) is 8.75. The Labute approximate surface area is 210 Å². The first-order chi connectivity index (χ1) is 17.7. The van der Waals surface area contributed by atoms with Gasteiger partial charge in [-0.15, -0.1) is 10.2 Å². The maximum Gasteiger partial charge on any atom is 0.247 e. The van der Waals surface area contributed by atoms with Crippen LogP contribution in [0.4, 0.5) is 10.1 Å². The van der Waals surface area contributed by atoms with Crippen LogP contribution in [0.1, 0.15) is 17.5 Å². The fourth-order valence-corrected chi connectivity index (χ4v) is 4.48. The molecule has 1 aliphatic rings. The van der Waals surface area contributed by atoms with Gasteiger partial charge in [-0.05, 0) is 42.5 Å². The van der Waals surface area contributed by atoms with Crippen LogP contribution in [0.25, 0.3) is 11.5 Å². The molecule has 7 nitrogen and oxygen atoms in total. The Morgan fingerprint density at radius 3 is 2.36 bits per heavy atom. The van der Waals surface area contributed by atoms with Gasteiger partial charge in [0.2, 0.25) is 11.8 Å². The summed E-state index contributed by atoms with van der Waals surface area (Å²) in [7, 11) is 1.68. The largest absolute Gasteiger partial charge is 0.497 e. The molecule has 3 aromatic carbocycles. The van der Waals surface area contributed by atoms with Gasteiger partial charge in [-0.1, -0.05) is 36.4 Å². The number of hydrogen-bond donors (Lipinski definition) is 1. The van der Waals surface area contributed by atoms with Gasteiger partial charge in [-0.25, -0.2) is 4.39 Å². The van der Waals surface area contributed by atoms with E-state index in [1.54, 1.807) is 19.2 Å². The van der Waals surface area contributed by atoms with Crippen molar-refractivity contribution in [1.29, 1.82) is 0 Å². The molecule has 1 fully saturated rings. The average molecular weight is 488 g/mol. The van der Waals surface area contributed by atoms with E-state index in [0.29, 0.717) is 23.9 Å². The summed E-state index contributed by atoms with van der Waals surface area (Å²) in [6, 6.07) is 24.0. The summed E-state index contributed by atoms with van der Waals surface area (Å²) in [6.07, 6.45) is 0. The molecule has 36 heavy (non-hydrogen) atoms. The summed E-state index contributed by atoms with van der Waals surface area (Å²) < 4.78 is 26.0. The maximum absolute atomic E-state index is 14.7. The minimum atomic E-state index is -0.531. The molecule has 0 saturated carbocycles. The summed E-state index contributed by atoms with van der Waals surface area (Å²) in [6.45, 7) is 5.31. The van der Waals surface area contributed by atoms with Crippen molar-refractivity contribution >= 4 is 5.69 Å². The highest BCUT2D eigenvalue weighted by Crippen LogP contribution is 2.27. The molecule has 1 aromatic heterocycles. The van der Waals surface area contributed by atoms with Crippen LogP contribution in [0, 0.1) is 5.82 Å². The molecule has 186 valence electrons. The lowest BCUT2D eigenvalue weighted by Crippen LogP contribution is -2.48. The third-order valence-corrected chi connectivity index (χ3v) is 6.51. The first kappa shape index (κ1) is 24.0. The van der Waals surface area contributed by atoms with Gasteiger partial charge >= 0.3 is 0 Å². The zero-order valence-electron chi connectivity index (χ0n) is 20.3. The van der Waals surface area contributed by atoms with Crippen molar-refractivity contribution in [3.05, 3.63) is 96.1 Å². The zero-order chi connectivity index (χ0) is 24.7. The van der Waals surface area contributed by atoms with Gasteiger partial charge in [0.05, 0.1) is 7.11 Å². The Hall–Kier alpha value is -3.75. The summed E-state index contributed by atoms with van der Waals surface area (Å²) in [5.41, 5.74) is 2.53. The maximum atomic E-state index is 14.7. The Kier molecular flexibility index (Phi) is 7.54. The number of methoxy groups -OCH3 is 1. The second-order valence-electron chi connectivity index (χ2n) is 8.75. The van der Waals surface area contributed by atoms with E-state index in [0.717, 1.165) is 44.0 Å². The number of nitrogens with zero attached hydrogens (tertiary/aromatic N) is 4. The molecule has 8 heteroatoms. The Morgan fingerprint density at radius 1 is 0.917 bits per heavy atom. The molecule has 1 atom stereocenters. The van der Waals surface area contributed by atoms with E-state index in [4.69, 9.17) is 9.15 Å². The standard InChI is InChI=1S/C28H30FN5O2/c1-35-23-13-11-22(12-14-23)34-19-17-33(18-20-34)16-15-30-26(24-9-5-6-10-25(24)29)28-32-31-27(36-28)21-7-3-2-4-8-21/h2-14,26,30H,15-20H2,1H3/t26-/m0/s1. The van der Waals surface area contributed by atoms with Crippen molar-refractivity contribution in [1.82, 2.24) is 20.4 Å². The van der Waals surface area contributed by atoms with Crippen molar-refractivity contribution in [2.24, 2.45) is 0 Å². The van der Waals surface area contributed by atoms with E-state index in [1.807, 2.05) is 48.5 Å². The number of anilines is 1. The first-order valence-electron chi connectivity index (χ1n) is 12.2. The van der Waals surface area contributed by atoms with Gasteiger partial charge in [0, 0.05) is 56.1 Å². The quantitative estimate of drug-likeness (QED) is 0.376. The molecule has 0 bridgehead atoms. The van der Waals surface area contributed by atoms with Gasteiger partial charge < -0.3 is 19.4 Å². The Morgan fingerprint density at radius 2 is 1.64 bits per heavy atom. The lowest BCUT2D eigenvalue weighted by Gasteiger charge is -2.36. The topological polar surface area (TPSA) is 66.7 Å². The summed E-state index contributed by atoms with van der Waals surface area (Å²) in [4.78, 5) is 4.80. The molecular weight excluding hydrogens is 457 g/mol. The van der Waals surface area contributed by atoms with Crippen LogP contribution >= 0.6 is 0 Å². The van der Waals surface area contributed by atoms with Crippen molar-refractivity contribution in [2.75, 3.05) is 51.3 Å². The lowest BCUT2D eigenvalue weighted by molar-refractivity contribution is 0.253. The summed E-state index contributed by atoms with van der Waals surface area (Å²) in [5, 5.41) is 11.9. The van der Waals surface area contributed by atoms with Crippen LogP contribution in [-0.4, -0.2) is 61.5 Å². The molecule has 1 N–H and O–H groups in total. The molecule has 1 saturated heterocycles. The number of aromatic nitrogens is 2. The van der Waals surface area contributed by atoms with E-state index >= 15 is 0 Å². The van der Waals surface area contributed by atoms with E-state index in [1.165, 1.54) is 11.8 Å².